The Morgan fingerprint density at radius 2 is 2.11 bits per heavy atom. The number of sulfonamides is 1. The molecule has 0 spiro atoms. The minimum Gasteiger partial charge on any atom is -0.497 e. The van der Waals surface area contributed by atoms with Crippen molar-refractivity contribution in [3.63, 3.8) is 0 Å². The SMILES string of the molecule is COc1ccc(S(=O)(=O)NCc2cc[nH]c2)c(C)c1. The average molecular weight is 280 g/mol. The Morgan fingerprint density at radius 1 is 1.32 bits per heavy atom. The van der Waals surface area contributed by atoms with Gasteiger partial charge >= 0.3 is 0 Å². The van der Waals surface area contributed by atoms with Gasteiger partial charge in [0.05, 0.1) is 12.0 Å². The highest BCUT2D eigenvalue weighted by molar-refractivity contribution is 7.89. The van der Waals surface area contributed by atoms with Crippen LogP contribution in [0.5, 0.6) is 5.75 Å². The third kappa shape index (κ3) is 3.15. The summed E-state index contributed by atoms with van der Waals surface area (Å²) in [4.78, 5) is 3.15. The highest BCUT2D eigenvalue weighted by Gasteiger charge is 2.16. The molecule has 0 saturated heterocycles. The van der Waals surface area contributed by atoms with Crippen molar-refractivity contribution in [3.05, 3.63) is 47.8 Å². The number of aromatic nitrogens is 1. The highest BCUT2D eigenvalue weighted by atomic mass is 32.2. The first-order chi connectivity index (χ1) is 9.03. The second-order valence-corrected chi connectivity index (χ2v) is 5.91. The predicted octanol–water partition coefficient (Wildman–Crippen LogP) is 1.81. The summed E-state index contributed by atoms with van der Waals surface area (Å²) in [7, 11) is -1.96. The van der Waals surface area contributed by atoms with E-state index in [1.165, 1.54) is 0 Å². The molecule has 2 aromatic rings. The smallest absolute Gasteiger partial charge is 0.241 e. The van der Waals surface area contributed by atoms with Crippen LogP contribution in [0, 0.1) is 6.92 Å². The first-order valence-electron chi connectivity index (χ1n) is 5.79. The predicted molar refractivity (Wildman–Crippen MR) is 72.5 cm³/mol. The summed E-state index contributed by atoms with van der Waals surface area (Å²) in [6.45, 7) is 2.00. The normalized spacial score (nSPS) is 11.5. The quantitative estimate of drug-likeness (QED) is 0.877. The highest BCUT2D eigenvalue weighted by Crippen LogP contribution is 2.20. The largest absolute Gasteiger partial charge is 0.497 e. The summed E-state index contributed by atoms with van der Waals surface area (Å²) < 4.78 is 32.0. The summed E-state index contributed by atoms with van der Waals surface area (Å²) in [5.74, 6) is 0.641. The molecule has 0 amide bonds. The second-order valence-electron chi connectivity index (χ2n) is 4.18. The Hall–Kier alpha value is -1.79. The van der Waals surface area contributed by atoms with Gasteiger partial charge in [0.2, 0.25) is 10.0 Å². The van der Waals surface area contributed by atoms with Crippen LogP contribution in [0.4, 0.5) is 0 Å². The van der Waals surface area contributed by atoms with E-state index in [1.54, 1.807) is 44.6 Å². The molecule has 1 heterocycles. The van der Waals surface area contributed by atoms with E-state index in [-0.39, 0.29) is 11.4 Å². The van der Waals surface area contributed by atoms with Crippen molar-refractivity contribution in [2.24, 2.45) is 0 Å². The molecule has 1 aromatic carbocycles. The summed E-state index contributed by atoms with van der Waals surface area (Å²) in [6.07, 6.45) is 3.51. The molecule has 19 heavy (non-hydrogen) atoms. The monoisotopic (exact) mass is 280 g/mol. The number of benzene rings is 1. The van der Waals surface area contributed by atoms with Gasteiger partial charge in [0.15, 0.2) is 0 Å². The number of H-pyrrole nitrogens is 1. The number of aryl methyl sites for hydroxylation is 1. The average Bonchev–Trinajstić information content (AvgIpc) is 2.89. The zero-order chi connectivity index (χ0) is 13.9. The van der Waals surface area contributed by atoms with Crippen molar-refractivity contribution < 1.29 is 13.2 Å². The van der Waals surface area contributed by atoms with Gasteiger partial charge < -0.3 is 9.72 Å². The molecule has 0 atom stereocenters. The third-order valence-electron chi connectivity index (χ3n) is 2.80. The van der Waals surface area contributed by atoms with E-state index >= 15 is 0 Å². The molecule has 102 valence electrons. The van der Waals surface area contributed by atoms with E-state index < -0.39 is 10.0 Å². The van der Waals surface area contributed by atoms with E-state index in [1.807, 2.05) is 6.07 Å². The molecule has 0 bridgehead atoms. The van der Waals surface area contributed by atoms with Crippen molar-refractivity contribution in [2.75, 3.05) is 7.11 Å². The number of ether oxygens (including phenoxy) is 1. The molecule has 0 saturated carbocycles. The third-order valence-corrected chi connectivity index (χ3v) is 4.36. The molecule has 0 fully saturated rings. The summed E-state index contributed by atoms with van der Waals surface area (Å²) in [5.41, 5.74) is 1.54. The van der Waals surface area contributed by atoms with Crippen LogP contribution in [0.2, 0.25) is 0 Å². The maximum atomic E-state index is 12.2. The van der Waals surface area contributed by atoms with Gasteiger partial charge in [-0.05, 0) is 42.3 Å². The van der Waals surface area contributed by atoms with Crippen molar-refractivity contribution in [1.82, 2.24) is 9.71 Å². The van der Waals surface area contributed by atoms with Crippen LogP contribution in [0.25, 0.3) is 0 Å². The number of hydrogen-bond acceptors (Lipinski definition) is 3. The maximum absolute atomic E-state index is 12.2. The summed E-state index contributed by atoms with van der Waals surface area (Å²) in [6, 6.07) is 6.71. The molecule has 2 rings (SSSR count). The van der Waals surface area contributed by atoms with Crippen LogP contribution in [0.1, 0.15) is 11.1 Å². The van der Waals surface area contributed by atoms with Crippen LogP contribution in [0.15, 0.2) is 41.6 Å². The fourth-order valence-electron chi connectivity index (χ4n) is 1.77. The molecule has 2 N–H and O–H groups in total. The second kappa shape index (κ2) is 5.46. The van der Waals surface area contributed by atoms with Crippen molar-refractivity contribution in [3.8, 4) is 5.75 Å². The molecule has 0 aliphatic heterocycles. The number of methoxy groups -OCH3 is 1. The van der Waals surface area contributed by atoms with E-state index in [2.05, 4.69) is 9.71 Å². The molecule has 1 aromatic heterocycles. The van der Waals surface area contributed by atoms with Gasteiger partial charge in [-0.25, -0.2) is 13.1 Å². The molecular formula is C13H16N2O3S. The lowest BCUT2D eigenvalue weighted by atomic mass is 10.2. The van der Waals surface area contributed by atoms with Crippen LogP contribution in [-0.2, 0) is 16.6 Å². The minimum atomic E-state index is -3.51. The zero-order valence-corrected chi connectivity index (χ0v) is 11.6. The Morgan fingerprint density at radius 3 is 2.68 bits per heavy atom. The van der Waals surface area contributed by atoms with E-state index in [9.17, 15) is 8.42 Å². The Balaban J connectivity index is 2.19. The van der Waals surface area contributed by atoms with Gasteiger partial charge in [-0.2, -0.15) is 0 Å². The van der Waals surface area contributed by atoms with Gasteiger partial charge in [0.1, 0.15) is 5.75 Å². The lowest BCUT2D eigenvalue weighted by Gasteiger charge is -2.10. The molecule has 6 heteroatoms. The molecule has 0 aliphatic carbocycles. The molecule has 0 radical (unpaired) electrons. The minimum absolute atomic E-state index is 0.261. The van der Waals surface area contributed by atoms with Crippen molar-refractivity contribution >= 4 is 10.0 Å². The number of aromatic amines is 1. The summed E-state index contributed by atoms with van der Waals surface area (Å²) in [5, 5.41) is 0. The summed E-state index contributed by atoms with van der Waals surface area (Å²) >= 11 is 0. The molecule has 5 nitrogen and oxygen atoms in total. The van der Waals surface area contributed by atoms with Gasteiger partial charge in [0.25, 0.3) is 0 Å². The van der Waals surface area contributed by atoms with E-state index in [4.69, 9.17) is 4.74 Å². The number of nitrogens with one attached hydrogen (secondary N) is 2. The standard InChI is InChI=1S/C13H16N2O3S/c1-10-7-12(18-2)3-4-13(10)19(16,17)15-9-11-5-6-14-8-11/h3-8,14-15H,9H2,1-2H3. The molecule has 0 aliphatic rings. The van der Waals surface area contributed by atoms with Crippen LogP contribution < -0.4 is 9.46 Å². The topological polar surface area (TPSA) is 71.2 Å². The van der Waals surface area contributed by atoms with Crippen molar-refractivity contribution in [1.29, 1.82) is 0 Å². The lowest BCUT2D eigenvalue weighted by Crippen LogP contribution is -2.23. The van der Waals surface area contributed by atoms with Crippen LogP contribution >= 0.6 is 0 Å². The van der Waals surface area contributed by atoms with Crippen LogP contribution in [-0.4, -0.2) is 20.5 Å². The molecule has 0 unspecified atom stereocenters. The Labute approximate surface area is 112 Å². The van der Waals surface area contributed by atoms with Crippen LogP contribution in [0.3, 0.4) is 0 Å². The first kappa shape index (κ1) is 13.6. The number of rotatable bonds is 5. The lowest BCUT2D eigenvalue weighted by molar-refractivity contribution is 0.414. The van der Waals surface area contributed by atoms with Gasteiger partial charge in [-0.15, -0.1) is 0 Å². The maximum Gasteiger partial charge on any atom is 0.241 e. The van der Waals surface area contributed by atoms with Gasteiger partial charge in [-0.1, -0.05) is 0 Å². The fraction of sp³-hybridized carbons (Fsp3) is 0.231. The zero-order valence-electron chi connectivity index (χ0n) is 10.8. The van der Waals surface area contributed by atoms with E-state index in [0.717, 1.165) is 5.56 Å². The van der Waals surface area contributed by atoms with E-state index in [0.29, 0.717) is 11.3 Å². The fourth-order valence-corrected chi connectivity index (χ4v) is 3.02. The van der Waals surface area contributed by atoms with Gasteiger partial charge in [-0.3, -0.25) is 0 Å². The number of hydrogen-bond donors (Lipinski definition) is 2. The Kier molecular flexibility index (Phi) is 3.92. The molecular weight excluding hydrogens is 264 g/mol. The first-order valence-corrected chi connectivity index (χ1v) is 7.27. The Bertz CT molecular complexity index is 649. The van der Waals surface area contributed by atoms with Crippen molar-refractivity contribution in [2.45, 2.75) is 18.4 Å². The van der Waals surface area contributed by atoms with Gasteiger partial charge in [0, 0.05) is 18.9 Å².